The summed E-state index contributed by atoms with van der Waals surface area (Å²) in [6.45, 7) is 2.11. The number of carbonyl (C=O) groups excluding carboxylic acids is 3. The smallest absolute Gasteiger partial charge is 0.426 e. The molecule has 1 fully saturated rings. The molecule has 3 amide bonds. The molecule has 8 nitrogen and oxygen atoms in total. The fraction of sp³-hybridized carbons (Fsp3) is 0.400. The molecule has 1 aliphatic heterocycles. The predicted molar refractivity (Wildman–Crippen MR) is 81.8 cm³/mol. The van der Waals surface area contributed by atoms with Crippen molar-refractivity contribution in [3.8, 4) is 5.75 Å². The van der Waals surface area contributed by atoms with Gasteiger partial charge in [-0.15, -0.1) is 0 Å². The summed E-state index contributed by atoms with van der Waals surface area (Å²) in [7, 11) is 1.56. The monoisotopic (exact) mass is 321 g/mol. The highest BCUT2D eigenvalue weighted by atomic mass is 16.6. The van der Waals surface area contributed by atoms with Crippen molar-refractivity contribution >= 4 is 23.6 Å². The first kappa shape index (κ1) is 16.6. The molecule has 0 spiro atoms. The number of ether oxygens (including phenoxy) is 2. The van der Waals surface area contributed by atoms with Crippen LogP contribution >= 0.6 is 0 Å². The van der Waals surface area contributed by atoms with Gasteiger partial charge in [0, 0.05) is 18.7 Å². The molecule has 1 aromatic carbocycles. The van der Waals surface area contributed by atoms with Crippen molar-refractivity contribution < 1.29 is 23.9 Å². The van der Waals surface area contributed by atoms with Gasteiger partial charge in [-0.25, -0.2) is 10.2 Å². The number of hydrazine groups is 1. The summed E-state index contributed by atoms with van der Waals surface area (Å²) in [5, 5.41) is 0. The van der Waals surface area contributed by atoms with Crippen molar-refractivity contribution in [3.05, 3.63) is 24.3 Å². The molecular weight excluding hydrogens is 302 g/mol. The van der Waals surface area contributed by atoms with Crippen LogP contribution in [-0.2, 0) is 14.3 Å². The summed E-state index contributed by atoms with van der Waals surface area (Å²) in [4.78, 5) is 36.8. The van der Waals surface area contributed by atoms with Gasteiger partial charge in [-0.2, -0.15) is 0 Å². The van der Waals surface area contributed by atoms with Gasteiger partial charge in [0.05, 0.1) is 19.6 Å². The Morgan fingerprint density at radius 1 is 1.26 bits per heavy atom. The number of nitrogens with one attached hydrogen (secondary N) is 2. The van der Waals surface area contributed by atoms with Crippen LogP contribution in [-0.4, -0.2) is 38.2 Å². The Balaban J connectivity index is 1.93. The Morgan fingerprint density at radius 3 is 2.57 bits per heavy atom. The van der Waals surface area contributed by atoms with Crippen molar-refractivity contribution in [2.75, 3.05) is 25.2 Å². The van der Waals surface area contributed by atoms with E-state index in [2.05, 4.69) is 15.6 Å². The number of rotatable bonds is 4. The van der Waals surface area contributed by atoms with Gasteiger partial charge >= 0.3 is 6.09 Å². The Kier molecular flexibility index (Phi) is 5.40. The molecule has 1 saturated heterocycles. The summed E-state index contributed by atoms with van der Waals surface area (Å²) >= 11 is 0. The predicted octanol–water partition coefficient (Wildman–Crippen LogP) is 0.825. The molecule has 0 unspecified atom stereocenters. The van der Waals surface area contributed by atoms with E-state index in [1.54, 1.807) is 38.3 Å². The standard InChI is InChI=1S/C15H19N3O5/c1-3-23-15(21)17-16-14(20)10-8-13(19)18(9-10)11-4-6-12(22-2)7-5-11/h4-7,10H,3,8-9H2,1-2H3,(H,16,20)(H,17,21)/t10-/m0/s1. The van der Waals surface area contributed by atoms with Crippen LogP contribution in [0.1, 0.15) is 13.3 Å². The maximum absolute atomic E-state index is 12.1. The zero-order valence-electron chi connectivity index (χ0n) is 13.0. The second-order valence-electron chi connectivity index (χ2n) is 4.94. The van der Waals surface area contributed by atoms with E-state index in [4.69, 9.17) is 4.74 Å². The minimum Gasteiger partial charge on any atom is -0.497 e. The van der Waals surface area contributed by atoms with Gasteiger partial charge in [0.1, 0.15) is 5.75 Å². The first-order chi connectivity index (χ1) is 11.0. The summed E-state index contributed by atoms with van der Waals surface area (Å²) < 4.78 is 9.71. The van der Waals surface area contributed by atoms with E-state index in [-0.39, 0.29) is 25.5 Å². The highest BCUT2D eigenvalue weighted by Crippen LogP contribution is 2.26. The zero-order valence-corrected chi connectivity index (χ0v) is 13.0. The minimum atomic E-state index is -0.739. The van der Waals surface area contributed by atoms with Gasteiger partial charge in [-0.3, -0.25) is 15.0 Å². The summed E-state index contributed by atoms with van der Waals surface area (Å²) in [5.41, 5.74) is 5.09. The highest BCUT2D eigenvalue weighted by molar-refractivity contribution is 6.00. The van der Waals surface area contributed by atoms with E-state index in [1.165, 1.54) is 4.90 Å². The fourth-order valence-electron chi connectivity index (χ4n) is 2.28. The molecule has 0 aromatic heterocycles. The van der Waals surface area contributed by atoms with Gasteiger partial charge in [-0.1, -0.05) is 0 Å². The van der Waals surface area contributed by atoms with E-state index < -0.39 is 17.9 Å². The lowest BCUT2D eigenvalue weighted by Gasteiger charge is -2.17. The summed E-state index contributed by atoms with van der Waals surface area (Å²) in [6, 6.07) is 7.01. The Bertz CT molecular complexity index is 587. The second-order valence-corrected chi connectivity index (χ2v) is 4.94. The molecule has 1 heterocycles. The SMILES string of the molecule is CCOC(=O)NNC(=O)[C@H]1CC(=O)N(c2ccc(OC)cc2)C1. The van der Waals surface area contributed by atoms with Crippen molar-refractivity contribution in [2.45, 2.75) is 13.3 Å². The van der Waals surface area contributed by atoms with Gasteiger partial charge in [0.25, 0.3) is 0 Å². The molecule has 1 atom stereocenters. The van der Waals surface area contributed by atoms with E-state index in [1.807, 2.05) is 0 Å². The van der Waals surface area contributed by atoms with Crippen LogP contribution in [0.5, 0.6) is 5.75 Å². The molecule has 124 valence electrons. The van der Waals surface area contributed by atoms with Gasteiger partial charge < -0.3 is 14.4 Å². The van der Waals surface area contributed by atoms with Crippen molar-refractivity contribution in [1.29, 1.82) is 0 Å². The van der Waals surface area contributed by atoms with Gasteiger partial charge in [0.15, 0.2) is 0 Å². The quantitative estimate of drug-likeness (QED) is 0.801. The van der Waals surface area contributed by atoms with Crippen LogP contribution in [0.4, 0.5) is 10.5 Å². The van der Waals surface area contributed by atoms with Crippen molar-refractivity contribution in [1.82, 2.24) is 10.9 Å². The molecule has 0 saturated carbocycles. The van der Waals surface area contributed by atoms with Crippen LogP contribution in [0, 0.1) is 5.92 Å². The third kappa shape index (κ3) is 4.12. The fourth-order valence-corrected chi connectivity index (χ4v) is 2.28. The molecule has 23 heavy (non-hydrogen) atoms. The molecule has 2 N–H and O–H groups in total. The third-order valence-electron chi connectivity index (χ3n) is 3.44. The summed E-state index contributed by atoms with van der Waals surface area (Å²) in [5.74, 6) is -0.422. The number of nitrogens with zero attached hydrogens (tertiary/aromatic N) is 1. The number of anilines is 1. The largest absolute Gasteiger partial charge is 0.497 e. The molecule has 8 heteroatoms. The summed E-state index contributed by atoms with van der Waals surface area (Å²) in [6.07, 6.45) is -0.653. The van der Waals surface area contributed by atoms with Gasteiger partial charge in [0.2, 0.25) is 11.8 Å². The average molecular weight is 321 g/mol. The minimum absolute atomic E-state index is 0.0857. The van der Waals surface area contributed by atoms with E-state index >= 15 is 0 Å². The van der Waals surface area contributed by atoms with Crippen molar-refractivity contribution in [2.24, 2.45) is 5.92 Å². The number of benzene rings is 1. The second kappa shape index (κ2) is 7.48. The van der Waals surface area contributed by atoms with Crippen molar-refractivity contribution in [3.63, 3.8) is 0 Å². The van der Waals surface area contributed by atoms with Crippen LogP contribution in [0.15, 0.2) is 24.3 Å². The Morgan fingerprint density at radius 2 is 1.96 bits per heavy atom. The number of carbonyl (C=O) groups is 3. The first-order valence-electron chi connectivity index (χ1n) is 7.22. The number of amides is 3. The Labute approximate surface area is 133 Å². The average Bonchev–Trinajstić information content (AvgIpc) is 2.95. The topological polar surface area (TPSA) is 97.0 Å². The molecule has 0 aliphatic carbocycles. The lowest BCUT2D eigenvalue weighted by atomic mass is 10.1. The van der Waals surface area contributed by atoms with Crippen LogP contribution in [0.25, 0.3) is 0 Å². The van der Waals surface area contributed by atoms with Crippen LogP contribution in [0.3, 0.4) is 0 Å². The van der Waals surface area contributed by atoms with E-state index in [0.717, 1.165) is 0 Å². The molecule has 0 radical (unpaired) electrons. The molecule has 0 bridgehead atoms. The maximum atomic E-state index is 12.1. The first-order valence-corrected chi connectivity index (χ1v) is 7.22. The van der Waals surface area contributed by atoms with Crippen LogP contribution < -0.4 is 20.5 Å². The normalized spacial score (nSPS) is 16.9. The van der Waals surface area contributed by atoms with E-state index in [9.17, 15) is 14.4 Å². The van der Waals surface area contributed by atoms with E-state index in [0.29, 0.717) is 11.4 Å². The molecular formula is C15H19N3O5. The molecule has 2 rings (SSSR count). The number of methoxy groups -OCH3 is 1. The third-order valence-corrected chi connectivity index (χ3v) is 3.44. The number of hydrogen-bond acceptors (Lipinski definition) is 5. The molecule has 1 aromatic rings. The highest BCUT2D eigenvalue weighted by Gasteiger charge is 2.35. The zero-order chi connectivity index (χ0) is 16.8. The maximum Gasteiger partial charge on any atom is 0.426 e. The number of hydrogen-bond donors (Lipinski definition) is 2. The lowest BCUT2D eigenvalue weighted by Crippen LogP contribution is -2.45. The van der Waals surface area contributed by atoms with Gasteiger partial charge in [-0.05, 0) is 31.2 Å². The lowest BCUT2D eigenvalue weighted by molar-refractivity contribution is -0.127. The molecule has 1 aliphatic rings. The Hall–Kier alpha value is -2.77. The van der Waals surface area contributed by atoms with Crippen LogP contribution in [0.2, 0.25) is 0 Å².